The van der Waals surface area contributed by atoms with Crippen LogP contribution in [0, 0.1) is 6.92 Å². The second-order valence-corrected chi connectivity index (χ2v) is 12.3. The first-order valence-corrected chi connectivity index (χ1v) is 15.8. The fourth-order valence-corrected chi connectivity index (χ4v) is 6.37. The third kappa shape index (κ3) is 7.17. The van der Waals surface area contributed by atoms with E-state index in [1.165, 1.54) is 4.90 Å². The van der Waals surface area contributed by atoms with E-state index in [-0.39, 0.29) is 50.6 Å². The van der Waals surface area contributed by atoms with Gasteiger partial charge in [-0.15, -0.1) is 0 Å². The zero-order chi connectivity index (χ0) is 32.2. The summed E-state index contributed by atoms with van der Waals surface area (Å²) in [5.41, 5.74) is 4.47. The molecule has 3 aliphatic heterocycles. The van der Waals surface area contributed by atoms with Crippen molar-refractivity contribution in [1.29, 1.82) is 0 Å². The number of likely N-dealkylation sites (tertiary alicyclic amines) is 1. The van der Waals surface area contributed by atoms with Gasteiger partial charge in [0.2, 0.25) is 5.91 Å². The Balaban J connectivity index is 1.29. The molecule has 3 aliphatic rings. The lowest BCUT2D eigenvalue weighted by Crippen LogP contribution is -2.51. The molecular weight excluding hydrogens is 588 g/mol. The molecule has 4 bridgehead atoms. The normalized spacial score (nSPS) is 25.1. The van der Waals surface area contributed by atoms with Gasteiger partial charge in [0.1, 0.15) is 17.9 Å². The smallest absolute Gasteiger partial charge is 0.322 e. The van der Waals surface area contributed by atoms with Gasteiger partial charge in [-0.1, -0.05) is 42.5 Å². The Morgan fingerprint density at radius 3 is 2.61 bits per heavy atom. The van der Waals surface area contributed by atoms with Crippen molar-refractivity contribution in [1.82, 2.24) is 15.5 Å². The van der Waals surface area contributed by atoms with Gasteiger partial charge in [0.15, 0.2) is 0 Å². The first-order chi connectivity index (χ1) is 22.3. The highest BCUT2D eigenvalue weighted by atomic mass is 16.5. The molecule has 0 radical (unpaired) electrons. The molecule has 11 heteroatoms. The Hall–Kier alpha value is -4.45. The molecule has 46 heavy (non-hydrogen) atoms. The van der Waals surface area contributed by atoms with Gasteiger partial charge >= 0.3 is 6.03 Å². The molecule has 2 saturated heterocycles. The van der Waals surface area contributed by atoms with Crippen molar-refractivity contribution in [2.75, 3.05) is 25.0 Å². The molecule has 3 heterocycles. The zero-order valence-electron chi connectivity index (χ0n) is 25.8. The molecule has 3 aromatic carbocycles. The van der Waals surface area contributed by atoms with Gasteiger partial charge in [0.05, 0.1) is 31.0 Å². The van der Waals surface area contributed by atoms with Gasteiger partial charge in [-0.25, -0.2) is 4.79 Å². The van der Waals surface area contributed by atoms with E-state index in [0.29, 0.717) is 36.3 Å². The minimum Gasteiger partial charge on any atom is -0.493 e. The second kappa shape index (κ2) is 13.9. The van der Waals surface area contributed by atoms with Crippen LogP contribution in [0.3, 0.4) is 0 Å². The molecule has 242 valence electrons. The van der Waals surface area contributed by atoms with E-state index in [2.05, 4.69) is 16.0 Å². The maximum Gasteiger partial charge on any atom is 0.322 e. The van der Waals surface area contributed by atoms with Gasteiger partial charge in [0, 0.05) is 31.2 Å². The summed E-state index contributed by atoms with van der Waals surface area (Å²) in [6.45, 7) is 2.38. The van der Waals surface area contributed by atoms with E-state index in [9.17, 15) is 24.6 Å². The Labute approximate surface area is 267 Å². The number of aliphatic hydroxyl groups excluding tert-OH is 2. The quantitative estimate of drug-likeness (QED) is 0.299. The van der Waals surface area contributed by atoms with Crippen molar-refractivity contribution in [3.63, 3.8) is 0 Å². The standard InChI is InChI=1S/C35H40N4O7/c1-21-3-2-4-25(15-21)38-35(44)39-19-26-17-29(39)34(43)36-18-32-30(41)12-10-27(46-32)13-14-45-31-16-24(9-11-28(31)33(42)37-26)23-7-5-22(20-40)6-8-23/h2-9,11,15-16,26-27,29-30,32,40-41H,10,12-14,17-20H2,1H3,(H,36,43)(H,37,42)(H,38,44)/t26-,27-,29-,30-,32+/m0/s1. The maximum absolute atomic E-state index is 13.7. The number of aryl methyl sites for hydroxylation is 1. The highest BCUT2D eigenvalue weighted by Crippen LogP contribution is 2.30. The Kier molecular flexibility index (Phi) is 9.53. The number of ether oxygens (including phenoxy) is 2. The van der Waals surface area contributed by atoms with E-state index in [0.717, 1.165) is 22.3 Å². The Morgan fingerprint density at radius 2 is 1.83 bits per heavy atom. The summed E-state index contributed by atoms with van der Waals surface area (Å²) in [6.07, 6.45) is 0.381. The largest absolute Gasteiger partial charge is 0.493 e. The fourth-order valence-electron chi connectivity index (χ4n) is 6.37. The average Bonchev–Trinajstić information content (AvgIpc) is 3.48. The first-order valence-electron chi connectivity index (χ1n) is 15.8. The van der Waals surface area contributed by atoms with Gasteiger partial charge in [-0.3, -0.25) is 9.59 Å². The number of hydrogen-bond acceptors (Lipinski definition) is 7. The van der Waals surface area contributed by atoms with Crippen molar-refractivity contribution >= 4 is 23.5 Å². The van der Waals surface area contributed by atoms with Crippen LogP contribution in [0.25, 0.3) is 11.1 Å². The number of urea groups is 1. The molecule has 5 atom stereocenters. The lowest BCUT2D eigenvalue weighted by atomic mass is 9.99. The van der Waals surface area contributed by atoms with Gasteiger partial charge < -0.3 is 40.5 Å². The van der Waals surface area contributed by atoms with Crippen molar-refractivity contribution < 1.29 is 34.1 Å². The third-order valence-electron chi connectivity index (χ3n) is 8.92. The molecule has 6 rings (SSSR count). The lowest BCUT2D eigenvalue weighted by molar-refractivity contribution is -0.133. The van der Waals surface area contributed by atoms with E-state index in [4.69, 9.17) is 9.47 Å². The topological polar surface area (TPSA) is 149 Å². The van der Waals surface area contributed by atoms with Crippen molar-refractivity contribution in [3.8, 4) is 16.9 Å². The molecule has 5 N–H and O–H groups in total. The fraction of sp³-hybridized carbons (Fsp3) is 0.400. The lowest BCUT2D eigenvalue weighted by Gasteiger charge is -2.34. The number of fused-ring (bicyclic) bond motifs is 5. The molecule has 0 saturated carbocycles. The number of aliphatic hydroxyl groups is 2. The summed E-state index contributed by atoms with van der Waals surface area (Å²) in [6, 6.07) is 18.5. The molecule has 0 aromatic heterocycles. The number of nitrogens with one attached hydrogen (secondary N) is 3. The molecular formula is C35H40N4O7. The van der Waals surface area contributed by atoms with E-state index in [1.54, 1.807) is 12.1 Å². The minimum atomic E-state index is -0.848. The van der Waals surface area contributed by atoms with E-state index in [1.807, 2.05) is 61.5 Å². The van der Waals surface area contributed by atoms with E-state index >= 15 is 0 Å². The van der Waals surface area contributed by atoms with Crippen LogP contribution in [0.15, 0.2) is 66.7 Å². The predicted molar refractivity (Wildman–Crippen MR) is 171 cm³/mol. The van der Waals surface area contributed by atoms with Crippen LogP contribution < -0.4 is 20.7 Å². The Morgan fingerprint density at radius 1 is 1.02 bits per heavy atom. The summed E-state index contributed by atoms with van der Waals surface area (Å²) in [7, 11) is 0. The van der Waals surface area contributed by atoms with E-state index < -0.39 is 30.3 Å². The van der Waals surface area contributed by atoms with Gasteiger partial charge in [-0.05, 0) is 72.7 Å². The van der Waals surface area contributed by atoms with Crippen LogP contribution in [-0.4, -0.2) is 83.1 Å². The summed E-state index contributed by atoms with van der Waals surface area (Å²) in [4.78, 5) is 42.2. The molecule has 3 aromatic rings. The zero-order valence-corrected chi connectivity index (χ0v) is 25.8. The number of amides is 4. The second-order valence-electron chi connectivity index (χ2n) is 12.3. The molecule has 2 fully saturated rings. The van der Waals surface area contributed by atoms with Gasteiger partial charge in [0.25, 0.3) is 5.91 Å². The van der Waals surface area contributed by atoms with Crippen LogP contribution >= 0.6 is 0 Å². The SMILES string of the molecule is Cc1cccc(NC(=O)N2C[C@@H]3C[C@H]2C(=O)NC[C@H]2O[C@H](CCOc4cc(-c5ccc(CO)cc5)ccc4C(=O)N3)CC[C@@H]2O)c1. The molecule has 4 amide bonds. The van der Waals surface area contributed by atoms with Crippen molar-refractivity contribution in [2.24, 2.45) is 0 Å². The number of anilines is 1. The van der Waals surface area contributed by atoms with Crippen LogP contribution in [0.4, 0.5) is 10.5 Å². The number of carbonyl (C=O) groups excluding carboxylic acids is 3. The average molecular weight is 629 g/mol. The highest BCUT2D eigenvalue weighted by Gasteiger charge is 2.41. The molecule has 0 spiro atoms. The number of carbonyl (C=O) groups is 3. The van der Waals surface area contributed by atoms with Crippen LogP contribution in [0.1, 0.15) is 47.2 Å². The Bertz CT molecular complexity index is 1580. The number of benzene rings is 3. The number of nitrogens with zero attached hydrogens (tertiary/aromatic N) is 1. The summed E-state index contributed by atoms with van der Waals surface area (Å²) in [5.74, 6) is -0.338. The summed E-state index contributed by atoms with van der Waals surface area (Å²) >= 11 is 0. The number of hydrogen-bond donors (Lipinski definition) is 5. The maximum atomic E-state index is 13.7. The number of rotatable bonds is 3. The first kappa shape index (κ1) is 31.5. The van der Waals surface area contributed by atoms with Gasteiger partial charge in [-0.2, -0.15) is 0 Å². The monoisotopic (exact) mass is 628 g/mol. The summed E-state index contributed by atoms with van der Waals surface area (Å²) < 4.78 is 12.4. The predicted octanol–water partition coefficient (Wildman–Crippen LogP) is 3.37. The molecule has 0 unspecified atom stereocenters. The molecule has 11 nitrogen and oxygen atoms in total. The third-order valence-corrected chi connectivity index (χ3v) is 8.92. The van der Waals surface area contributed by atoms with Crippen LogP contribution in [-0.2, 0) is 16.1 Å². The van der Waals surface area contributed by atoms with Crippen LogP contribution in [0.2, 0.25) is 0 Å². The molecule has 0 aliphatic carbocycles. The van der Waals surface area contributed by atoms with Crippen molar-refractivity contribution in [2.45, 2.75) is 69.6 Å². The van der Waals surface area contributed by atoms with Crippen molar-refractivity contribution in [3.05, 3.63) is 83.4 Å². The van der Waals surface area contributed by atoms with Crippen LogP contribution in [0.5, 0.6) is 5.75 Å². The minimum absolute atomic E-state index is 0.0520. The highest BCUT2D eigenvalue weighted by molar-refractivity contribution is 5.98. The summed E-state index contributed by atoms with van der Waals surface area (Å²) in [5, 5.41) is 28.9.